The van der Waals surface area contributed by atoms with Crippen LogP contribution in [0.15, 0.2) is 0 Å². The Labute approximate surface area is 115 Å². The minimum absolute atomic E-state index is 0.159. The summed E-state index contributed by atoms with van der Waals surface area (Å²) in [4.78, 5) is 27.4. The molecule has 2 atom stereocenters. The third-order valence-electron chi connectivity index (χ3n) is 3.72. The standard InChI is InChI=1S/C14H26N2O3/c1-11(14(18)19-4)9-15(3)10-13(17)16-8-6-5-7-12(16)2/h11-12H,5-10H2,1-4H3. The summed E-state index contributed by atoms with van der Waals surface area (Å²) in [5.74, 6) is -0.279. The molecule has 19 heavy (non-hydrogen) atoms. The van der Waals surface area contributed by atoms with Crippen LogP contribution in [0.2, 0.25) is 0 Å². The van der Waals surface area contributed by atoms with Gasteiger partial charge in [0.1, 0.15) is 0 Å². The van der Waals surface area contributed by atoms with Crippen molar-refractivity contribution in [2.75, 3.05) is 33.8 Å². The molecule has 5 nitrogen and oxygen atoms in total. The van der Waals surface area contributed by atoms with Crippen LogP contribution in [0.4, 0.5) is 0 Å². The van der Waals surface area contributed by atoms with E-state index in [-0.39, 0.29) is 17.8 Å². The minimum atomic E-state index is -0.231. The van der Waals surface area contributed by atoms with Crippen LogP contribution in [0.25, 0.3) is 0 Å². The SMILES string of the molecule is COC(=O)C(C)CN(C)CC(=O)N1CCCCC1C. The van der Waals surface area contributed by atoms with Crippen molar-refractivity contribution in [2.45, 2.75) is 39.2 Å². The Morgan fingerprint density at radius 2 is 2.11 bits per heavy atom. The summed E-state index contributed by atoms with van der Waals surface area (Å²) in [6, 6.07) is 0.340. The van der Waals surface area contributed by atoms with E-state index in [2.05, 4.69) is 6.92 Å². The first-order valence-corrected chi connectivity index (χ1v) is 7.01. The van der Waals surface area contributed by atoms with Crippen LogP contribution in [-0.2, 0) is 14.3 Å². The molecule has 110 valence electrons. The quantitative estimate of drug-likeness (QED) is 0.703. The molecule has 0 aromatic heterocycles. The average molecular weight is 270 g/mol. The molecule has 0 saturated carbocycles. The van der Waals surface area contributed by atoms with Gasteiger partial charge in [0.2, 0.25) is 5.91 Å². The third kappa shape index (κ3) is 4.82. The van der Waals surface area contributed by atoms with E-state index in [0.717, 1.165) is 19.4 Å². The molecule has 0 bridgehead atoms. The van der Waals surface area contributed by atoms with Gasteiger partial charge in [-0.05, 0) is 33.2 Å². The van der Waals surface area contributed by atoms with Crippen LogP contribution in [0, 0.1) is 5.92 Å². The van der Waals surface area contributed by atoms with Gasteiger partial charge in [0.25, 0.3) is 0 Å². The predicted octanol–water partition coefficient (Wildman–Crippen LogP) is 1.13. The lowest BCUT2D eigenvalue weighted by atomic mass is 10.0. The number of likely N-dealkylation sites (N-methyl/N-ethyl adjacent to an activating group) is 1. The van der Waals surface area contributed by atoms with Crippen molar-refractivity contribution < 1.29 is 14.3 Å². The fraction of sp³-hybridized carbons (Fsp3) is 0.857. The lowest BCUT2D eigenvalue weighted by molar-refractivity contribution is -0.146. The molecule has 1 rings (SSSR count). The second-order valence-corrected chi connectivity index (χ2v) is 5.55. The molecule has 0 aromatic carbocycles. The van der Waals surface area contributed by atoms with Crippen LogP contribution < -0.4 is 0 Å². The topological polar surface area (TPSA) is 49.9 Å². The van der Waals surface area contributed by atoms with Crippen molar-refractivity contribution in [3.8, 4) is 0 Å². The first-order valence-electron chi connectivity index (χ1n) is 7.01. The van der Waals surface area contributed by atoms with Crippen LogP contribution >= 0.6 is 0 Å². The monoisotopic (exact) mass is 270 g/mol. The molecule has 1 amide bonds. The highest BCUT2D eigenvalue weighted by Crippen LogP contribution is 2.16. The maximum atomic E-state index is 12.2. The van der Waals surface area contributed by atoms with Gasteiger partial charge in [-0.15, -0.1) is 0 Å². The number of amides is 1. The number of carbonyl (C=O) groups is 2. The number of nitrogens with zero attached hydrogens (tertiary/aromatic N) is 2. The van der Waals surface area contributed by atoms with E-state index in [9.17, 15) is 9.59 Å². The highest BCUT2D eigenvalue weighted by Gasteiger charge is 2.24. The van der Waals surface area contributed by atoms with Crippen LogP contribution in [0.1, 0.15) is 33.1 Å². The van der Waals surface area contributed by atoms with Gasteiger partial charge in [0, 0.05) is 19.1 Å². The highest BCUT2D eigenvalue weighted by molar-refractivity contribution is 5.78. The number of methoxy groups -OCH3 is 1. The number of likely N-dealkylation sites (tertiary alicyclic amines) is 1. The Balaban J connectivity index is 2.40. The lowest BCUT2D eigenvalue weighted by Gasteiger charge is -2.34. The molecule has 0 spiro atoms. The van der Waals surface area contributed by atoms with E-state index in [1.807, 2.05) is 23.8 Å². The number of piperidine rings is 1. The molecule has 1 saturated heterocycles. The molecule has 0 aliphatic carbocycles. The lowest BCUT2D eigenvalue weighted by Crippen LogP contribution is -2.47. The maximum Gasteiger partial charge on any atom is 0.309 e. The summed E-state index contributed by atoms with van der Waals surface area (Å²) in [7, 11) is 3.26. The predicted molar refractivity (Wildman–Crippen MR) is 73.7 cm³/mol. The summed E-state index contributed by atoms with van der Waals surface area (Å²) >= 11 is 0. The number of hydrogen-bond acceptors (Lipinski definition) is 4. The van der Waals surface area contributed by atoms with Gasteiger partial charge in [0.05, 0.1) is 19.6 Å². The Kier molecular flexibility index (Phi) is 6.28. The Bertz CT molecular complexity index is 320. The van der Waals surface area contributed by atoms with Crippen molar-refractivity contribution in [1.82, 2.24) is 9.80 Å². The van der Waals surface area contributed by atoms with Gasteiger partial charge in [-0.25, -0.2) is 0 Å². The van der Waals surface area contributed by atoms with Crippen LogP contribution in [0.3, 0.4) is 0 Å². The van der Waals surface area contributed by atoms with Crippen molar-refractivity contribution >= 4 is 11.9 Å². The Morgan fingerprint density at radius 3 is 2.68 bits per heavy atom. The molecular formula is C14H26N2O3. The fourth-order valence-corrected chi connectivity index (χ4v) is 2.60. The molecule has 2 unspecified atom stereocenters. The van der Waals surface area contributed by atoms with E-state index in [1.165, 1.54) is 13.5 Å². The van der Waals surface area contributed by atoms with Gasteiger partial charge in [-0.2, -0.15) is 0 Å². The molecule has 5 heteroatoms. The highest BCUT2D eigenvalue weighted by atomic mass is 16.5. The van der Waals surface area contributed by atoms with E-state index < -0.39 is 0 Å². The zero-order valence-electron chi connectivity index (χ0n) is 12.5. The van der Waals surface area contributed by atoms with Crippen LogP contribution in [-0.4, -0.2) is 61.5 Å². The molecule has 0 N–H and O–H groups in total. The molecular weight excluding hydrogens is 244 g/mol. The van der Waals surface area contributed by atoms with E-state index >= 15 is 0 Å². The summed E-state index contributed by atoms with van der Waals surface area (Å²) in [5, 5.41) is 0. The van der Waals surface area contributed by atoms with E-state index in [0.29, 0.717) is 19.1 Å². The van der Waals surface area contributed by atoms with Crippen molar-refractivity contribution in [3.63, 3.8) is 0 Å². The zero-order chi connectivity index (χ0) is 14.4. The second kappa shape index (κ2) is 7.48. The second-order valence-electron chi connectivity index (χ2n) is 5.55. The van der Waals surface area contributed by atoms with Crippen molar-refractivity contribution in [3.05, 3.63) is 0 Å². The first-order chi connectivity index (χ1) is 8.95. The Morgan fingerprint density at radius 1 is 1.42 bits per heavy atom. The first kappa shape index (κ1) is 16.0. The van der Waals surface area contributed by atoms with Gasteiger partial charge < -0.3 is 9.64 Å². The number of carbonyl (C=O) groups excluding carboxylic acids is 2. The summed E-state index contributed by atoms with van der Waals surface area (Å²) in [6.45, 7) is 5.69. The number of esters is 1. The molecule has 0 aromatic rings. The normalized spacial score (nSPS) is 21.3. The minimum Gasteiger partial charge on any atom is -0.469 e. The van der Waals surface area contributed by atoms with Gasteiger partial charge in [-0.1, -0.05) is 6.92 Å². The maximum absolute atomic E-state index is 12.2. The van der Waals surface area contributed by atoms with E-state index in [4.69, 9.17) is 4.74 Å². The van der Waals surface area contributed by atoms with Gasteiger partial charge >= 0.3 is 5.97 Å². The van der Waals surface area contributed by atoms with Gasteiger partial charge in [0.15, 0.2) is 0 Å². The van der Waals surface area contributed by atoms with Gasteiger partial charge in [-0.3, -0.25) is 14.5 Å². The summed E-state index contributed by atoms with van der Waals surface area (Å²) < 4.78 is 4.69. The molecule has 1 fully saturated rings. The Hall–Kier alpha value is -1.10. The van der Waals surface area contributed by atoms with Crippen LogP contribution in [0.5, 0.6) is 0 Å². The number of rotatable bonds is 5. The largest absolute Gasteiger partial charge is 0.469 e. The smallest absolute Gasteiger partial charge is 0.309 e. The molecule has 1 aliphatic heterocycles. The third-order valence-corrected chi connectivity index (χ3v) is 3.72. The number of ether oxygens (including phenoxy) is 1. The fourth-order valence-electron chi connectivity index (χ4n) is 2.60. The average Bonchev–Trinajstić information content (AvgIpc) is 2.37. The number of hydrogen-bond donors (Lipinski definition) is 0. The van der Waals surface area contributed by atoms with Crippen molar-refractivity contribution in [2.24, 2.45) is 5.92 Å². The van der Waals surface area contributed by atoms with E-state index in [1.54, 1.807) is 0 Å². The molecule has 1 heterocycles. The molecule has 0 radical (unpaired) electrons. The summed E-state index contributed by atoms with van der Waals surface area (Å²) in [6.07, 6.45) is 3.40. The zero-order valence-corrected chi connectivity index (χ0v) is 12.5. The van der Waals surface area contributed by atoms with Crippen molar-refractivity contribution in [1.29, 1.82) is 0 Å². The summed E-state index contributed by atoms with van der Waals surface area (Å²) in [5.41, 5.74) is 0. The molecule has 1 aliphatic rings.